The summed E-state index contributed by atoms with van der Waals surface area (Å²) < 4.78 is 148. The molecule has 1 amide bonds. The number of carbonyl (C=O) groups is 1. The number of cyclic esters (lactones) is 1. The summed E-state index contributed by atoms with van der Waals surface area (Å²) in [5.41, 5.74) is -4.73. The van der Waals surface area contributed by atoms with Crippen LogP contribution in [0.5, 0.6) is 5.75 Å². The molecular weight excluding hydrogens is 626 g/mol. The molecule has 3 aromatic rings. The lowest BCUT2D eigenvalue weighted by Crippen LogP contribution is -2.31. The van der Waals surface area contributed by atoms with Crippen LogP contribution in [0.2, 0.25) is 0 Å². The third-order valence-electron chi connectivity index (χ3n) is 7.97. The molecule has 3 atom stereocenters. The maximum atomic E-state index is 14.8. The predicted octanol–water partition coefficient (Wildman–Crippen LogP) is 9.47. The Morgan fingerprint density at radius 1 is 0.867 bits per heavy atom. The van der Waals surface area contributed by atoms with E-state index in [2.05, 4.69) is 4.98 Å². The molecule has 2 aliphatic rings. The molecule has 2 aromatic carbocycles. The van der Waals surface area contributed by atoms with Gasteiger partial charge in [-0.25, -0.2) is 9.18 Å². The van der Waals surface area contributed by atoms with Gasteiger partial charge in [-0.1, -0.05) is 13.8 Å². The SMILES string of the molecule is COc1cc(F)c(C(C)C)cc1-c1cnc(C(F)(F)F)cc1[C@@H]1CC[C@H]2[C@@H](c3cc(C(F)(F)F)cc(C(F)(F)F)c3)OC(=O)N12. The first-order valence-electron chi connectivity index (χ1n) is 13.5. The summed E-state index contributed by atoms with van der Waals surface area (Å²) in [5.74, 6) is -1.02. The first kappa shape index (κ1) is 32.4. The average molecular weight is 651 g/mol. The molecule has 2 saturated heterocycles. The van der Waals surface area contributed by atoms with Gasteiger partial charge in [-0.2, -0.15) is 39.5 Å². The van der Waals surface area contributed by atoms with E-state index in [9.17, 15) is 48.7 Å². The lowest BCUT2D eigenvalue weighted by Gasteiger charge is -2.26. The molecule has 45 heavy (non-hydrogen) atoms. The minimum atomic E-state index is -5.15. The van der Waals surface area contributed by atoms with Crippen LogP contribution >= 0.6 is 0 Å². The molecule has 5 rings (SSSR count). The number of alkyl halides is 9. The summed E-state index contributed by atoms with van der Waals surface area (Å²) in [6.45, 7) is 3.39. The number of benzene rings is 2. The van der Waals surface area contributed by atoms with Crippen LogP contribution < -0.4 is 4.74 Å². The molecule has 0 bridgehead atoms. The largest absolute Gasteiger partial charge is 0.496 e. The van der Waals surface area contributed by atoms with Gasteiger partial charge in [0.25, 0.3) is 0 Å². The summed E-state index contributed by atoms with van der Waals surface area (Å²) in [4.78, 5) is 17.7. The van der Waals surface area contributed by atoms with Crippen molar-refractivity contribution in [2.45, 2.75) is 69.3 Å². The number of fused-ring (bicyclic) bond motifs is 1. The van der Waals surface area contributed by atoms with Crippen LogP contribution in [0.4, 0.5) is 48.7 Å². The number of hydrogen-bond acceptors (Lipinski definition) is 4. The third kappa shape index (κ3) is 6.00. The highest BCUT2D eigenvalue weighted by Gasteiger charge is 2.52. The molecule has 0 saturated carbocycles. The van der Waals surface area contributed by atoms with Gasteiger partial charge in [0.05, 0.1) is 30.3 Å². The second-order valence-electron chi connectivity index (χ2n) is 11.1. The number of amides is 1. The van der Waals surface area contributed by atoms with E-state index in [1.807, 2.05) is 0 Å². The fourth-order valence-corrected chi connectivity index (χ4v) is 5.90. The Morgan fingerprint density at radius 3 is 2.02 bits per heavy atom. The van der Waals surface area contributed by atoms with Gasteiger partial charge >= 0.3 is 24.6 Å². The number of halogens is 10. The highest BCUT2D eigenvalue weighted by Crippen LogP contribution is 2.51. The Morgan fingerprint density at radius 2 is 1.49 bits per heavy atom. The molecule has 15 heteroatoms. The summed E-state index contributed by atoms with van der Waals surface area (Å²) in [5, 5.41) is 0. The monoisotopic (exact) mass is 650 g/mol. The number of pyridine rings is 1. The van der Waals surface area contributed by atoms with E-state index in [4.69, 9.17) is 9.47 Å². The van der Waals surface area contributed by atoms with Crippen molar-refractivity contribution >= 4 is 6.09 Å². The Bertz CT molecular complexity index is 1600. The van der Waals surface area contributed by atoms with Crippen molar-refractivity contribution in [1.82, 2.24) is 9.88 Å². The van der Waals surface area contributed by atoms with E-state index >= 15 is 0 Å². The van der Waals surface area contributed by atoms with Gasteiger partial charge in [-0.05, 0) is 65.8 Å². The molecule has 0 aliphatic carbocycles. The summed E-state index contributed by atoms with van der Waals surface area (Å²) >= 11 is 0. The van der Waals surface area contributed by atoms with Gasteiger partial charge in [0, 0.05) is 23.4 Å². The number of carbonyl (C=O) groups excluding carboxylic acids is 1. The van der Waals surface area contributed by atoms with Crippen molar-refractivity contribution in [3.63, 3.8) is 0 Å². The Hall–Kier alpha value is -4.04. The highest BCUT2D eigenvalue weighted by atomic mass is 19.4. The van der Waals surface area contributed by atoms with Crippen LogP contribution in [0.25, 0.3) is 11.1 Å². The smallest absolute Gasteiger partial charge is 0.433 e. The second-order valence-corrected chi connectivity index (χ2v) is 11.1. The van der Waals surface area contributed by atoms with E-state index in [0.717, 1.165) is 17.2 Å². The minimum absolute atomic E-state index is 0.0176. The Kier molecular flexibility index (Phi) is 7.97. The van der Waals surface area contributed by atoms with Gasteiger partial charge in [0.2, 0.25) is 0 Å². The molecule has 2 aliphatic heterocycles. The fraction of sp³-hybridized carbons (Fsp3) is 0.400. The molecule has 3 heterocycles. The zero-order valence-electron chi connectivity index (χ0n) is 23.7. The molecule has 0 spiro atoms. The van der Waals surface area contributed by atoms with Crippen LogP contribution in [0.1, 0.15) is 78.3 Å². The summed E-state index contributed by atoms with van der Waals surface area (Å²) in [7, 11) is 1.23. The van der Waals surface area contributed by atoms with Crippen LogP contribution in [-0.2, 0) is 23.3 Å². The third-order valence-corrected chi connectivity index (χ3v) is 7.97. The normalized spacial score (nSPS) is 20.5. The minimum Gasteiger partial charge on any atom is -0.496 e. The van der Waals surface area contributed by atoms with Crippen LogP contribution in [0, 0.1) is 5.82 Å². The quantitative estimate of drug-likeness (QED) is 0.258. The maximum absolute atomic E-state index is 14.8. The predicted molar refractivity (Wildman–Crippen MR) is 139 cm³/mol. The van der Waals surface area contributed by atoms with E-state index in [0.29, 0.717) is 18.2 Å². The molecule has 242 valence electrons. The lowest BCUT2D eigenvalue weighted by atomic mass is 9.91. The number of nitrogens with zero attached hydrogens (tertiary/aromatic N) is 2. The molecule has 0 N–H and O–H groups in total. The van der Waals surface area contributed by atoms with Crippen molar-refractivity contribution in [3.05, 3.63) is 81.9 Å². The topological polar surface area (TPSA) is 51.7 Å². The number of methoxy groups -OCH3 is 1. The van der Waals surface area contributed by atoms with E-state index in [1.54, 1.807) is 13.8 Å². The second kappa shape index (κ2) is 11.1. The van der Waals surface area contributed by atoms with E-state index in [-0.39, 0.29) is 52.8 Å². The number of ether oxygens (including phenoxy) is 2. The Balaban J connectivity index is 1.64. The van der Waals surface area contributed by atoms with Crippen molar-refractivity contribution in [2.24, 2.45) is 0 Å². The average Bonchev–Trinajstić information content (AvgIpc) is 3.52. The van der Waals surface area contributed by atoms with Gasteiger partial charge in [-0.3, -0.25) is 9.88 Å². The molecule has 0 radical (unpaired) electrons. The van der Waals surface area contributed by atoms with Crippen molar-refractivity contribution in [3.8, 4) is 16.9 Å². The van der Waals surface area contributed by atoms with Gasteiger partial charge < -0.3 is 9.47 Å². The van der Waals surface area contributed by atoms with Crippen molar-refractivity contribution in [2.75, 3.05) is 7.11 Å². The summed E-state index contributed by atoms with van der Waals surface area (Å²) in [6.07, 6.45) is -17.1. The van der Waals surface area contributed by atoms with Crippen LogP contribution in [0.15, 0.2) is 42.6 Å². The molecular formula is C30H24F10N2O3. The highest BCUT2D eigenvalue weighted by molar-refractivity contribution is 5.77. The lowest BCUT2D eigenvalue weighted by molar-refractivity contribution is -0.143. The molecule has 2 fully saturated rings. The zero-order valence-corrected chi connectivity index (χ0v) is 23.7. The summed E-state index contributed by atoms with van der Waals surface area (Å²) in [6, 6.07) is 1.77. The van der Waals surface area contributed by atoms with Gasteiger partial charge in [-0.15, -0.1) is 0 Å². The molecule has 5 nitrogen and oxygen atoms in total. The fourth-order valence-electron chi connectivity index (χ4n) is 5.90. The number of aromatic nitrogens is 1. The van der Waals surface area contributed by atoms with E-state index < -0.39 is 71.0 Å². The molecule has 1 aromatic heterocycles. The Labute approximate surface area is 249 Å². The van der Waals surface area contributed by atoms with Crippen molar-refractivity contribution < 1.29 is 58.2 Å². The number of hydrogen-bond donors (Lipinski definition) is 0. The maximum Gasteiger partial charge on any atom is 0.433 e. The van der Waals surface area contributed by atoms with Crippen LogP contribution in [0.3, 0.4) is 0 Å². The standard InChI is InChI=1S/C30H24F10N2O3/c1-13(2)17-9-19(24(44-3)11-21(17)31)20-12-41-25(30(38,39)40)10-18(20)22-4-5-23-26(45-27(43)42(22)23)14-6-15(28(32,33)34)8-16(7-14)29(35,36)37/h6-13,22-23,26H,4-5H2,1-3H3/t22-,23-,26+/m0/s1. The first-order valence-corrected chi connectivity index (χ1v) is 13.5. The molecule has 0 unspecified atom stereocenters. The van der Waals surface area contributed by atoms with Gasteiger partial charge in [0.15, 0.2) is 0 Å². The van der Waals surface area contributed by atoms with E-state index in [1.165, 1.54) is 13.2 Å². The van der Waals surface area contributed by atoms with Crippen LogP contribution in [-0.4, -0.2) is 29.1 Å². The first-order chi connectivity index (χ1) is 20.8. The van der Waals surface area contributed by atoms with Gasteiger partial charge in [0.1, 0.15) is 23.4 Å². The zero-order chi connectivity index (χ0) is 33.2. The van der Waals surface area contributed by atoms with Crippen molar-refractivity contribution in [1.29, 1.82) is 0 Å². The number of rotatable bonds is 5.